The van der Waals surface area contributed by atoms with E-state index in [1.165, 1.54) is 5.56 Å². The lowest BCUT2D eigenvalue weighted by atomic mass is 10.0. The summed E-state index contributed by atoms with van der Waals surface area (Å²) in [7, 11) is 1.61. The van der Waals surface area contributed by atoms with E-state index in [4.69, 9.17) is 15.5 Å². The van der Waals surface area contributed by atoms with Gasteiger partial charge in [-0.3, -0.25) is 4.98 Å². The SMILES string of the molecule is CCCC(Nc1cncc(-c2ccc(N)c(OC)c2)n1)c1ccccc1. The number of rotatable bonds is 7. The number of benzene rings is 2. The van der Waals surface area contributed by atoms with Crippen LogP contribution in [0.4, 0.5) is 11.5 Å². The molecule has 0 saturated heterocycles. The van der Waals surface area contributed by atoms with Crippen molar-refractivity contribution >= 4 is 11.5 Å². The molecule has 5 nitrogen and oxygen atoms in total. The van der Waals surface area contributed by atoms with Crippen LogP contribution in [0.1, 0.15) is 31.4 Å². The van der Waals surface area contributed by atoms with E-state index in [-0.39, 0.29) is 6.04 Å². The molecule has 0 bridgehead atoms. The van der Waals surface area contributed by atoms with Gasteiger partial charge >= 0.3 is 0 Å². The lowest BCUT2D eigenvalue weighted by Gasteiger charge is -2.19. The van der Waals surface area contributed by atoms with Crippen LogP contribution in [0.25, 0.3) is 11.3 Å². The van der Waals surface area contributed by atoms with Crippen molar-refractivity contribution in [2.45, 2.75) is 25.8 Å². The van der Waals surface area contributed by atoms with Crippen molar-refractivity contribution in [2.24, 2.45) is 0 Å². The van der Waals surface area contributed by atoms with E-state index in [1.807, 2.05) is 24.3 Å². The zero-order valence-electron chi connectivity index (χ0n) is 15.1. The number of nitrogen functional groups attached to an aromatic ring is 1. The molecule has 1 atom stereocenters. The Hall–Kier alpha value is -3.08. The Kier molecular flexibility index (Phi) is 5.69. The Balaban J connectivity index is 1.86. The Morgan fingerprint density at radius 2 is 1.92 bits per heavy atom. The number of hydrogen-bond donors (Lipinski definition) is 2. The van der Waals surface area contributed by atoms with Crippen molar-refractivity contribution in [1.29, 1.82) is 0 Å². The molecule has 1 unspecified atom stereocenters. The Morgan fingerprint density at radius 1 is 1.12 bits per heavy atom. The molecule has 0 aliphatic rings. The number of ether oxygens (including phenoxy) is 1. The Bertz CT molecular complexity index is 852. The second-order valence-corrected chi connectivity index (χ2v) is 6.14. The Morgan fingerprint density at radius 3 is 2.65 bits per heavy atom. The number of methoxy groups -OCH3 is 1. The summed E-state index contributed by atoms with van der Waals surface area (Å²) in [6.07, 6.45) is 5.59. The smallest absolute Gasteiger partial charge is 0.145 e. The number of nitrogens with zero attached hydrogens (tertiary/aromatic N) is 2. The van der Waals surface area contributed by atoms with E-state index in [9.17, 15) is 0 Å². The van der Waals surface area contributed by atoms with Crippen LogP contribution in [0.2, 0.25) is 0 Å². The van der Waals surface area contributed by atoms with Crippen molar-refractivity contribution in [1.82, 2.24) is 9.97 Å². The fraction of sp³-hybridized carbons (Fsp3) is 0.238. The summed E-state index contributed by atoms with van der Waals surface area (Å²) in [6, 6.07) is 16.2. The zero-order valence-corrected chi connectivity index (χ0v) is 15.1. The minimum absolute atomic E-state index is 0.201. The van der Waals surface area contributed by atoms with Crippen LogP contribution in [-0.4, -0.2) is 17.1 Å². The molecule has 0 spiro atoms. The maximum Gasteiger partial charge on any atom is 0.145 e. The fourth-order valence-electron chi connectivity index (χ4n) is 2.92. The summed E-state index contributed by atoms with van der Waals surface area (Å²) in [5, 5.41) is 3.52. The zero-order chi connectivity index (χ0) is 18.4. The molecule has 1 aromatic heterocycles. The average Bonchev–Trinajstić information content (AvgIpc) is 2.69. The molecule has 3 aromatic rings. The highest BCUT2D eigenvalue weighted by Crippen LogP contribution is 2.29. The molecule has 134 valence electrons. The highest BCUT2D eigenvalue weighted by Gasteiger charge is 2.12. The molecule has 1 heterocycles. The first-order chi connectivity index (χ1) is 12.7. The van der Waals surface area contributed by atoms with Gasteiger partial charge in [-0.1, -0.05) is 49.7 Å². The molecule has 2 aromatic carbocycles. The second kappa shape index (κ2) is 8.34. The molecule has 3 rings (SSSR count). The van der Waals surface area contributed by atoms with Crippen LogP contribution in [-0.2, 0) is 0 Å². The predicted octanol–water partition coefficient (Wildman–Crippen LogP) is 4.69. The largest absolute Gasteiger partial charge is 0.495 e. The summed E-state index contributed by atoms with van der Waals surface area (Å²) < 4.78 is 5.30. The summed E-state index contributed by atoms with van der Waals surface area (Å²) >= 11 is 0. The molecule has 0 radical (unpaired) electrons. The maximum absolute atomic E-state index is 5.90. The van der Waals surface area contributed by atoms with Crippen LogP contribution < -0.4 is 15.8 Å². The lowest BCUT2D eigenvalue weighted by Crippen LogP contribution is -2.12. The van der Waals surface area contributed by atoms with Crippen molar-refractivity contribution in [3.63, 3.8) is 0 Å². The van der Waals surface area contributed by atoms with Gasteiger partial charge in [0.15, 0.2) is 0 Å². The molecule has 26 heavy (non-hydrogen) atoms. The van der Waals surface area contributed by atoms with Gasteiger partial charge in [-0.05, 0) is 24.1 Å². The summed E-state index contributed by atoms with van der Waals surface area (Å²) in [4.78, 5) is 9.07. The number of nitrogens with two attached hydrogens (primary N) is 1. The van der Waals surface area contributed by atoms with Gasteiger partial charge in [-0.15, -0.1) is 0 Å². The van der Waals surface area contributed by atoms with Gasteiger partial charge in [0.2, 0.25) is 0 Å². The highest BCUT2D eigenvalue weighted by molar-refractivity contribution is 5.67. The standard InChI is InChI=1S/C21H24N4O/c1-3-7-18(15-8-5-4-6-9-15)24-21-14-23-13-19(25-21)16-10-11-17(22)20(12-16)26-2/h4-6,8-14,18H,3,7,22H2,1-2H3,(H,24,25). The summed E-state index contributed by atoms with van der Waals surface area (Å²) in [5.74, 6) is 1.39. The first kappa shape index (κ1) is 17.7. The van der Waals surface area contributed by atoms with Gasteiger partial charge in [0.05, 0.1) is 36.9 Å². The highest BCUT2D eigenvalue weighted by atomic mass is 16.5. The van der Waals surface area contributed by atoms with Crippen LogP contribution in [0, 0.1) is 0 Å². The average molecular weight is 348 g/mol. The molecule has 5 heteroatoms. The van der Waals surface area contributed by atoms with E-state index in [1.54, 1.807) is 19.5 Å². The number of nitrogens with one attached hydrogen (secondary N) is 1. The molecular formula is C21H24N4O. The minimum Gasteiger partial charge on any atom is -0.495 e. The quantitative estimate of drug-likeness (QED) is 0.606. The fourth-order valence-corrected chi connectivity index (χ4v) is 2.92. The number of hydrogen-bond acceptors (Lipinski definition) is 5. The number of anilines is 2. The van der Waals surface area contributed by atoms with Crippen molar-refractivity contribution in [2.75, 3.05) is 18.2 Å². The third-order valence-corrected chi connectivity index (χ3v) is 4.27. The van der Waals surface area contributed by atoms with Gasteiger partial charge in [0.25, 0.3) is 0 Å². The van der Waals surface area contributed by atoms with Crippen LogP contribution in [0.3, 0.4) is 0 Å². The summed E-state index contributed by atoms with van der Waals surface area (Å²) in [6.45, 7) is 2.18. The third kappa shape index (κ3) is 4.11. The monoisotopic (exact) mass is 348 g/mol. The molecule has 0 saturated carbocycles. The first-order valence-corrected chi connectivity index (χ1v) is 8.78. The van der Waals surface area contributed by atoms with Crippen molar-refractivity contribution in [3.05, 3.63) is 66.5 Å². The molecular weight excluding hydrogens is 324 g/mol. The summed E-state index contributed by atoms with van der Waals surface area (Å²) in [5.41, 5.74) is 9.44. The first-order valence-electron chi connectivity index (χ1n) is 8.78. The lowest BCUT2D eigenvalue weighted by molar-refractivity contribution is 0.417. The molecule has 0 aliphatic heterocycles. The minimum atomic E-state index is 0.201. The van der Waals surface area contributed by atoms with E-state index >= 15 is 0 Å². The van der Waals surface area contributed by atoms with E-state index in [0.717, 1.165) is 29.9 Å². The van der Waals surface area contributed by atoms with Gasteiger partial charge in [-0.25, -0.2) is 4.98 Å². The van der Waals surface area contributed by atoms with E-state index in [0.29, 0.717) is 11.4 Å². The van der Waals surface area contributed by atoms with Crippen LogP contribution >= 0.6 is 0 Å². The Labute approximate surface area is 154 Å². The number of aromatic nitrogens is 2. The predicted molar refractivity (Wildman–Crippen MR) is 106 cm³/mol. The van der Waals surface area contributed by atoms with Gasteiger partial charge < -0.3 is 15.8 Å². The van der Waals surface area contributed by atoms with Gasteiger partial charge in [-0.2, -0.15) is 0 Å². The van der Waals surface area contributed by atoms with Crippen molar-refractivity contribution < 1.29 is 4.74 Å². The van der Waals surface area contributed by atoms with E-state index in [2.05, 4.69) is 41.5 Å². The van der Waals surface area contributed by atoms with Gasteiger partial charge in [0, 0.05) is 5.56 Å². The molecule has 0 aliphatic carbocycles. The van der Waals surface area contributed by atoms with Crippen molar-refractivity contribution in [3.8, 4) is 17.0 Å². The van der Waals surface area contributed by atoms with Gasteiger partial charge in [0.1, 0.15) is 11.6 Å². The van der Waals surface area contributed by atoms with Crippen LogP contribution in [0.5, 0.6) is 5.75 Å². The van der Waals surface area contributed by atoms with Crippen LogP contribution in [0.15, 0.2) is 60.9 Å². The topological polar surface area (TPSA) is 73.1 Å². The molecule has 0 amide bonds. The maximum atomic E-state index is 5.90. The molecule has 0 fully saturated rings. The molecule has 3 N–H and O–H groups in total. The third-order valence-electron chi connectivity index (χ3n) is 4.27. The van der Waals surface area contributed by atoms with E-state index < -0.39 is 0 Å². The normalized spacial score (nSPS) is 11.8. The second-order valence-electron chi connectivity index (χ2n) is 6.14.